The van der Waals surface area contributed by atoms with Gasteiger partial charge in [0.05, 0.1) is 0 Å². The SMILES string of the molecule is OCCCCNc1ncccn1. The van der Waals surface area contributed by atoms with Gasteiger partial charge >= 0.3 is 0 Å². The number of aliphatic hydroxyl groups excluding tert-OH is 1. The van der Waals surface area contributed by atoms with E-state index in [0.29, 0.717) is 5.95 Å². The normalized spacial score (nSPS) is 9.75. The fourth-order valence-corrected chi connectivity index (χ4v) is 0.827. The van der Waals surface area contributed by atoms with Crippen LogP contribution in [0.5, 0.6) is 0 Å². The van der Waals surface area contributed by atoms with E-state index < -0.39 is 0 Å². The summed E-state index contributed by atoms with van der Waals surface area (Å²) in [5, 5.41) is 11.6. The van der Waals surface area contributed by atoms with E-state index in [1.807, 2.05) is 0 Å². The van der Waals surface area contributed by atoms with Gasteiger partial charge in [-0.1, -0.05) is 0 Å². The second-order valence-electron chi connectivity index (χ2n) is 2.43. The molecule has 0 saturated heterocycles. The maximum absolute atomic E-state index is 8.50. The lowest BCUT2D eigenvalue weighted by Crippen LogP contribution is -2.05. The summed E-state index contributed by atoms with van der Waals surface area (Å²) in [7, 11) is 0. The third-order valence-electron chi connectivity index (χ3n) is 1.43. The fourth-order valence-electron chi connectivity index (χ4n) is 0.827. The number of hydrogen-bond donors (Lipinski definition) is 2. The average Bonchev–Trinajstić information content (AvgIpc) is 2.14. The Morgan fingerprint density at radius 1 is 1.25 bits per heavy atom. The van der Waals surface area contributed by atoms with Crippen LogP contribution in [0.3, 0.4) is 0 Å². The first-order valence-electron chi connectivity index (χ1n) is 4.05. The topological polar surface area (TPSA) is 58.0 Å². The van der Waals surface area contributed by atoms with Gasteiger partial charge in [-0.2, -0.15) is 0 Å². The van der Waals surface area contributed by atoms with Crippen LogP contribution in [0.4, 0.5) is 5.95 Å². The lowest BCUT2D eigenvalue weighted by atomic mass is 10.3. The largest absolute Gasteiger partial charge is 0.396 e. The molecule has 4 nitrogen and oxygen atoms in total. The number of nitrogens with one attached hydrogen (secondary N) is 1. The van der Waals surface area contributed by atoms with Crippen molar-refractivity contribution in [3.8, 4) is 0 Å². The molecule has 4 heteroatoms. The van der Waals surface area contributed by atoms with Crippen molar-refractivity contribution in [3.63, 3.8) is 0 Å². The van der Waals surface area contributed by atoms with Gasteiger partial charge in [0.25, 0.3) is 0 Å². The number of aliphatic hydroxyl groups is 1. The lowest BCUT2D eigenvalue weighted by molar-refractivity contribution is 0.286. The molecule has 1 heterocycles. The van der Waals surface area contributed by atoms with Gasteiger partial charge in [0, 0.05) is 25.5 Å². The predicted molar refractivity (Wildman–Crippen MR) is 46.8 cm³/mol. The maximum Gasteiger partial charge on any atom is 0.222 e. The summed E-state index contributed by atoms with van der Waals surface area (Å²) in [6, 6.07) is 1.78. The van der Waals surface area contributed by atoms with Gasteiger partial charge in [-0.15, -0.1) is 0 Å². The molecule has 0 unspecified atom stereocenters. The Hall–Kier alpha value is -1.16. The summed E-state index contributed by atoms with van der Waals surface area (Å²) in [4.78, 5) is 7.98. The summed E-state index contributed by atoms with van der Waals surface area (Å²) >= 11 is 0. The molecule has 0 saturated carbocycles. The Morgan fingerprint density at radius 2 is 2.00 bits per heavy atom. The molecule has 0 amide bonds. The zero-order valence-corrected chi connectivity index (χ0v) is 6.90. The minimum Gasteiger partial charge on any atom is -0.396 e. The second-order valence-corrected chi connectivity index (χ2v) is 2.43. The molecule has 0 aliphatic rings. The molecular formula is C8H13N3O. The Bertz CT molecular complexity index is 203. The van der Waals surface area contributed by atoms with Crippen LogP contribution >= 0.6 is 0 Å². The highest BCUT2D eigenvalue weighted by Crippen LogP contribution is 1.94. The Morgan fingerprint density at radius 3 is 2.67 bits per heavy atom. The van der Waals surface area contributed by atoms with Crippen LogP contribution in [0.1, 0.15) is 12.8 Å². The van der Waals surface area contributed by atoms with Gasteiger partial charge in [0.15, 0.2) is 0 Å². The molecule has 0 aliphatic carbocycles. The van der Waals surface area contributed by atoms with Crippen LogP contribution in [-0.4, -0.2) is 28.2 Å². The van der Waals surface area contributed by atoms with Crippen molar-refractivity contribution in [1.29, 1.82) is 0 Å². The number of hydrogen-bond acceptors (Lipinski definition) is 4. The number of nitrogens with zero attached hydrogens (tertiary/aromatic N) is 2. The predicted octanol–water partition coefficient (Wildman–Crippen LogP) is 0.661. The minimum atomic E-state index is 0.247. The van der Waals surface area contributed by atoms with E-state index in [-0.39, 0.29) is 6.61 Å². The number of unbranched alkanes of at least 4 members (excludes halogenated alkanes) is 1. The molecule has 1 aromatic rings. The van der Waals surface area contributed by atoms with Crippen molar-refractivity contribution in [3.05, 3.63) is 18.5 Å². The Balaban J connectivity index is 2.16. The van der Waals surface area contributed by atoms with Crippen molar-refractivity contribution >= 4 is 5.95 Å². The molecule has 2 N–H and O–H groups in total. The summed E-state index contributed by atoms with van der Waals surface area (Å²) in [5.41, 5.74) is 0. The van der Waals surface area contributed by atoms with Gasteiger partial charge in [0.1, 0.15) is 0 Å². The first-order chi connectivity index (χ1) is 5.93. The monoisotopic (exact) mass is 167 g/mol. The molecule has 0 aromatic carbocycles. The summed E-state index contributed by atoms with van der Waals surface area (Å²) in [6.07, 6.45) is 5.15. The van der Waals surface area contributed by atoms with Gasteiger partial charge in [-0.05, 0) is 18.9 Å². The molecular weight excluding hydrogens is 154 g/mol. The molecule has 0 spiro atoms. The van der Waals surface area contributed by atoms with E-state index >= 15 is 0 Å². The van der Waals surface area contributed by atoms with Crippen LogP contribution in [0.15, 0.2) is 18.5 Å². The standard InChI is InChI=1S/C8H13N3O/c12-7-2-1-4-9-8-10-5-3-6-11-8/h3,5-6,12H,1-2,4,7H2,(H,9,10,11). The molecule has 1 aromatic heterocycles. The van der Waals surface area contributed by atoms with Crippen molar-refractivity contribution in [2.75, 3.05) is 18.5 Å². The number of rotatable bonds is 5. The summed E-state index contributed by atoms with van der Waals surface area (Å²) in [5.74, 6) is 0.649. The zero-order chi connectivity index (χ0) is 8.65. The average molecular weight is 167 g/mol. The van der Waals surface area contributed by atoms with Crippen LogP contribution in [0.25, 0.3) is 0 Å². The van der Waals surface area contributed by atoms with Crippen LogP contribution < -0.4 is 5.32 Å². The summed E-state index contributed by atoms with van der Waals surface area (Å²) in [6.45, 7) is 1.06. The third-order valence-corrected chi connectivity index (χ3v) is 1.43. The number of anilines is 1. The second kappa shape index (κ2) is 5.49. The van der Waals surface area contributed by atoms with Gasteiger partial charge in [-0.25, -0.2) is 9.97 Å². The Kier molecular flexibility index (Phi) is 4.08. The van der Waals surface area contributed by atoms with E-state index in [4.69, 9.17) is 5.11 Å². The minimum absolute atomic E-state index is 0.247. The highest BCUT2D eigenvalue weighted by molar-refractivity contribution is 5.21. The molecule has 12 heavy (non-hydrogen) atoms. The van der Waals surface area contributed by atoms with Gasteiger partial charge < -0.3 is 10.4 Å². The van der Waals surface area contributed by atoms with Crippen molar-refractivity contribution in [2.45, 2.75) is 12.8 Å². The highest BCUT2D eigenvalue weighted by atomic mass is 16.2. The van der Waals surface area contributed by atoms with E-state index in [0.717, 1.165) is 19.4 Å². The molecule has 1 rings (SSSR count). The molecule has 0 fully saturated rings. The van der Waals surface area contributed by atoms with Crippen LogP contribution in [-0.2, 0) is 0 Å². The third kappa shape index (κ3) is 3.30. The van der Waals surface area contributed by atoms with Crippen molar-refractivity contribution < 1.29 is 5.11 Å². The fraction of sp³-hybridized carbons (Fsp3) is 0.500. The van der Waals surface area contributed by atoms with E-state index in [2.05, 4.69) is 15.3 Å². The van der Waals surface area contributed by atoms with Gasteiger partial charge in [-0.3, -0.25) is 0 Å². The van der Waals surface area contributed by atoms with Crippen LogP contribution in [0.2, 0.25) is 0 Å². The first-order valence-corrected chi connectivity index (χ1v) is 4.05. The molecule has 0 aliphatic heterocycles. The summed E-state index contributed by atoms with van der Waals surface area (Å²) < 4.78 is 0. The van der Waals surface area contributed by atoms with E-state index in [9.17, 15) is 0 Å². The molecule has 66 valence electrons. The van der Waals surface area contributed by atoms with Gasteiger partial charge in [0.2, 0.25) is 5.95 Å². The molecule has 0 bridgehead atoms. The van der Waals surface area contributed by atoms with Crippen molar-refractivity contribution in [2.24, 2.45) is 0 Å². The zero-order valence-electron chi connectivity index (χ0n) is 6.90. The quantitative estimate of drug-likeness (QED) is 0.632. The molecule has 0 radical (unpaired) electrons. The van der Waals surface area contributed by atoms with E-state index in [1.54, 1.807) is 18.5 Å². The lowest BCUT2D eigenvalue weighted by Gasteiger charge is -2.01. The highest BCUT2D eigenvalue weighted by Gasteiger charge is 1.90. The van der Waals surface area contributed by atoms with Crippen molar-refractivity contribution in [1.82, 2.24) is 9.97 Å². The number of aromatic nitrogens is 2. The van der Waals surface area contributed by atoms with Crippen LogP contribution in [0, 0.1) is 0 Å². The van der Waals surface area contributed by atoms with E-state index in [1.165, 1.54) is 0 Å². The smallest absolute Gasteiger partial charge is 0.222 e. The maximum atomic E-state index is 8.50. The molecule has 0 atom stereocenters. The first kappa shape index (κ1) is 8.93. The Labute approximate surface area is 71.7 Å².